The molecule has 1 fully saturated rings. The molecule has 10 nitrogen and oxygen atoms in total. The number of benzene rings is 1. The van der Waals surface area contributed by atoms with Crippen molar-refractivity contribution in [3.8, 4) is 22.9 Å². The van der Waals surface area contributed by atoms with Gasteiger partial charge in [0.1, 0.15) is 17.2 Å². The number of nitrogen functional groups attached to an aromatic ring is 1. The third kappa shape index (κ3) is 4.27. The normalized spacial score (nSPS) is 18.1. The quantitative estimate of drug-likeness (QED) is 0.309. The van der Waals surface area contributed by atoms with Crippen molar-refractivity contribution in [2.75, 3.05) is 23.7 Å². The SMILES string of the molecule is Nc1ncccc1-c1nc2ccc(-n3cccn3)nc2n1-c1ccc2c(c1)CCC2NC1CCN(c2ccccn2)C1. The number of anilines is 2. The summed E-state index contributed by atoms with van der Waals surface area (Å²) in [6.07, 6.45) is 10.4. The number of imidazole rings is 1. The predicted octanol–water partition coefficient (Wildman–Crippen LogP) is 4.50. The van der Waals surface area contributed by atoms with Gasteiger partial charge in [0.2, 0.25) is 0 Å². The van der Waals surface area contributed by atoms with Gasteiger partial charge in [-0.1, -0.05) is 12.1 Å². The van der Waals surface area contributed by atoms with E-state index in [1.165, 1.54) is 11.1 Å². The lowest BCUT2D eigenvalue weighted by molar-refractivity contribution is 0.454. The smallest absolute Gasteiger partial charge is 0.167 e. The lowest BCUT2D eigenvalue weighted by atomic mass is 10.1. The zero-order chi connectivity index (χ0) is 28.0. The van der Waals surface area contributed by atoms with Crippen molar-refractivity contribution in [3.63, 3.8) is 0 Å². The van der Waals surface area contributed by atoms with Crippen molar-refractivity contribution in [2.24, 2.45) is 0 Å². The fourth-order valence-electron chi connectivity index (χ4n) is 6.36. The van der Waals surface area contributed by atoms with Crippen molar-refractivity contribution in [1.82, 2.24) is 39.6 Å². The van der Waals surface area contributed by atoms with Gasteiger partial charge in [0.25, 0.3) is 0 Å². The monoisotopic (exact) mass is 554 g/mol. The van der Waals surface area contributed by atoms with Gasteiger partial charge in [0.15, 0.2) is 17.3 Å². The Hall–Kier alpha value is -5.09. The van der Waals surface area contributed by atoms with E-state index >= 15 is 0 Å². The molecule has 1 saturated heterocycles. The summed E-state index contributed by atoms with van der Waals surface area (Å²) < 4.78 is 3.85. The number of nitrogens with one attached hydrogen (secondary N) is 1. The standard InChI is InChI=1S/C32H30N10/c33-30-25(5-3-15-35-30)31-38-27-11-12-29(41-17-4-16-36-41)39-32(27)42(31)23-8-9-24-21(19-23)7-10-26(24)37-22-13-18-40(20-22)28-6-1-2-14-34-28/h1-6,8-9,11-12,14-17,19,22,26,37H,7,10,13,18,20H2,(H2,33,35). The van der Waals surface area contributed by atoms with Gasteiger partial charge in [0.05, 0.1) is 5.56 Å². The minimum Gasteiger partial charge on any atom is -0.383 e. The Morgan fingerprint density at radius 1 is 0.857 bits per heavy atom. The summed E-state index contributed by atoms with van der Waals surface area (Å²) in [5, 5.41) is 8.33. The van der Waals surface area contributed by atoms with Crippen molar-refractivity contribution in [3.05, 3.63) is 103 Å². The number of aryl methyl sites for hydroxylation is 1. The third-order valence-corrected chi connectivity index (χ3v) is 8.37. The van der Waals surface area contributed by atoms with Gasteiger partial charge in [-0.15, -0.1) is 0 Å². The molecular weight excluding hydrogens is 524 g/mol. The lowest BCUT2D eigenvalue weighted by Gasteiger charge is -2.21. The van der Waals surface area contributed by atoms with E-state index in [0.717, 1.165) is 66.4 Å². The van der Waals surface area contributed by atoms with Crippen molar-refractivity contribution >= 4 is 22.8 Å². The number of rotatable bonds is 6. The Morgan fingerprint density at radius 2 is 1.81 bits per heavy atom. The molecule has 2 unspecified atom stereocenters. The minimum absolute atomic E-state index is 0.334. The molecule has 208 valence electrons. The topological polar surface area (TPSA) is 116 Å². The lowest BCUT2D eigenvalue weighted by Crippen LogP contribution is -2.34. The van der Waals surface area contributed by atoms with Crippen molar-refractivity contribution in [1.29, 1.82) is 0 Å². The van der Waals surface area contributed by atoms with Crippen LogP contribution in [0.5, 0.6) is 0 Å². The van der Waals surface area contributed by atoms with Crippen LogP contribution in [0, 0.1) is 0 Å². The van der Waals surface area contributed by atoms with Gasteiger partial charge in [-0.2, -0.15) is 5.10 Å². The first kappa shape index (κ1) is 24.7. The number of aromatic nitrogens is 7. The second-order valence-electron chi connectivity index (χ2n) is 10.9. The Balaban J connectivity index is 1.14. The van der Waals surface area contributed by atoms with Crippen LogP contribution < -0.4 is 16.0 Å². The summed E-state index contributed by atoms with van der Waals surface area (Å²) in [6.45, 7) is 2.00. The average Bonchev–Trinajstić information content (AvgIpc) is 3.84. The molecule has 0 bridgehead atoms. The van der Waals surface area contributed by atoms with Crippen LogP contribution in [-0.2, 0) is 6.42 Å². The van der Waals surface area contributed by atoms with E-state index in [2.05, 4.69) is 60.2 Å². The summed E-state index contributed by atoms with van der Waals surface area (Å²) in [6, 6.07) is 23.2. The summed E-state index contributed by atoms with van der Waals surface area (Å²) in [4.78, 5) is 21.2. The first-order valence-electron chi connectivity index (χ1n) is 14.4. The molecule has 0 amide bonds. The van der Waals surface area contributed by atoms with Crippen molar-refractivity contribution < 1.29 is 0 Å². The molecule has 2 atom stereocenters. The van der Waals surface area contributed by atoms with Crippen LogP contribution in [0.15, 0.2) is 91.5 Å². The first-order valence-corrected chi connectivity index (χ1v) is 14.4. The highest BCUT2D eigenvalue weighted by atomic mass is 15.3. The molecular formula is C32H30N10. The van der Waals surface area contributed by atoms with E-state index in [0.29, 0.717) is 23.7 Å². The maximum atomic E-state index is 6.35. The van der Waals surface area contributed by atoms with E-state index in [-0.39, 0.29) is 0 Å². The maximum absolute atomic E-state index is 6.35. The van der Waals surface area contributed by atoms with E-state index in [9.17, 15) is 0 Å². The second-order valence-corrected chi connectivity index (χ2v) is 10.9. The number of hydrogen-bond acceptors (Lipinski definition) is 8. The van der Waals surface area contributed by atoms with E-state index < -0.39 is 0 Å². The van der Waals surface area contributed by atoms with Crippen molar-refractivity contribution in [2.45, 2.75) is 31.3 Å². The Labute approximate surface area is 242 Å². The van der Waals surface area contributed by atoms with E-state index in [4.69, 9.17) is 15.7 Å². The number of hydrogen-bond donors (Lipinski definition) is 2. The van der Waals surface area contributed by atoms with Gasteiger partial charge in [-0.25, -0.2) is 24.6 Å². The van der Waals surface area contributed by atoms with Crippen LogP contribution in [0.2, 0.25) is 0 Å². The predicted molar refractivity (Wildman–Crippen MR) is 163 cm³/mol. The highest BCUT2D eigenvalue weighted by molar-refractivity contribution is 5.83. The molecule has 6 heterocycles. The van der Waals surface area contributed by atoms with Crippen LogP contribution in [-0.4, -0.2) is 53.4 Å². The number of pyridine rings is 3. The molecule has 2 aliphatic rings. The Morgan fingerprint density at radius 3 is 2.67 bits per heavy atom. The molecule has 8 rings (SSSR count). The van der Waals surface area contributed by atoms with Crippen LogP contribution in [0.3, 0.4) is 0 Å². The fraction of sp³-hybridized carbons (Fsp3) is 0.219. The fourth-order valence-corrected chi connectivity index (χ4v) is 6.36. The highest BCUT2D eigenvalue weighted by Gasteiger charge is 2.30. The largest absolute Gasteiger partial charge is 0.383 e. The van der Waals surface area contributed by atoms with Crippen LogP contribution in [0.25, 0.3) is 34.1 Å². The summed E-state index contributed by atoms with van der Waals surface area (Å²) in [5.41, 5.74) is 12.4. The number of nitrogens with zero attached hydrogens (tertiary/aromatic N) is 8. The molecule has 5 aromatic heterocycles. The minimum atomic E-state index is 0.334. The second kappa shape index (κ2) is 10.1. The highest BCUT2D eigenvalue weighted by Crippen LogP contribution is 2.36. The average molecular weight is 555 g/mol. The summed E-state index contributed by atoms with van der Waals surface area (Å²) in [5.74, 6) is 2.93. The zero-order valence-corrected chi connectivity index (χ0v) is 23.0. The number of nitrogens with two attached hydrogens (primary N) is 1. The molecule has 0 saturated carbocycles. The van der Waals surface area contributed by atoms with Crippen LogP contribution in [0.1, 0.15) is 30.0 Å². The molecule has 1 aromatic carbocycles. The summed E-state index contributed by atoms with van der Waals surface area (Å²) in [7, 11) is 0. The molecule has 0 radical (unpaired) electrons. The van der Waals surface area contributed by atoms with Gasteiger partial charge in [-0.05, 0) is 85.0 Å². The molecule has 0 spiro atoms. The van der Waals surface area contributed by atoms with Gasteiger partial charge < -0.3 is 16.0 Å². The molecule has 42 heavy (non-hydrogen) atoms. The molecule has 1 aliphatic heterocycles. The van der Waals surface area contributed by atoms with E-state index in [1.54, 1.807) is 17.1 Å². The molecule has 6 aromatic rings. The van der Waals surface area contributed by atoms with Crippen LogP contribution in [0.4, 0.5) is 11.6 Å². The third-order valence-electron chi connectivity index (χ3n) is 8.37. The Bertz CT molecular complexity index is 1880. The van der Waals surface area contributed by atoms with Gasteiger partial charge in [-0.3, -0.25) is 4.57 Å². The molecule has 3 N–H and O–H groups in total. The first-order chi connectivity index (χ1) is 20.7. The van der Waals surface area contributed by atoms with E-state index in [1.807, 2.05) is 48.8 Å². The molecule has 10 heteroatoms. The van der Waals surface area contributed by atoms with Crippen LogP contribution >= 0.6 is 0 Å². The zero-order valence-electron chi connectivity index (χ0n) is 23.0. The number of fused-ring (bicyclic) bond motifs is 2. The Kier molecular flexibility index (Phi) is 5.92. The van der Waals surface area contributed by atoms with Gasteiger partial charge in [0, 0.05) is 55.6 Å². The summed E-state index contributed by atoms with van der Waals surface area (Å²) >= 11 is 0. The maximum Gasteiger partial charge on any atom is 0.167 e. The van der Waals surface area contributed by atoms with Gasteiger partial charge >= 0.3 is 0 Å². The molecule has 1 aliphatic carbocycles.